The first-order chi connectivity index (χ1) is 7.20. The molecule has 15 heavy (non-hydrogen) atoms. The standard InChI is InChI=1S/C11H16N2OS/c1-12-11-4-3-10-8-13(15(2)14)6-5-9(10)7-11/h3-4,7,12H,5-6,8H2,1-2H3. The van der Waals surface area contributed by atoms with Gasteiger partial charge in [0.1, 0.15) is 0 Å². The average Bonchev–Trinajstić information content (AvgIpc) is 2.27. The quantitative estimate of drug-likeness (QED) is 0.823. The maximum atomic E-state index is 11.4. The molecule has 4 heteroatoms. The van der Waals surface area contributed by atoms with E-state index < -0.39 is 11.0 Å². The van der Waals surface area contributed by atoms with Crippen LogP contribution in [0.25, 0.3) is 0 Å². The molecular formula is C11H16N2OS. The maximum Gasteiger partial charge on any atom is 0.0913 e. The van der Waals surface area contributed by atoms with Crippen molar-refractivity contribution in [2.24, 2.45) is 0 Å². The molecule has 1 atom stereocenters. The summed E-state index contributed by atoms with van der Waals surface area (Å²) in [6.07, 6.45) is 2.73. The molecule has 1 aliphatic rings. The highest BCUT2D eigenvalue weighted by atomic mass is 32.2. The van der Waals surface area contributed by atoms with Crippen LogP contribution in [0, 0.1) is 0 Å². The van der Waals surface area contributed by atoms with Crippen LogP contribution in [-0.4, -0.2) is 28.4 Å². The average molecular weight is 224 g/mol. The lowest BCUT2D eigenvalue weighted by atomic mass is 10.0. The van der Waals surface area contributed by atoms with Crippen LogP contribution in [0.3, 0.4) is 0 Å². The van der Waals surface area contributed by atoms with E-state index in [1.165, 1.54) is 11.1 Å². The van der Waals surface area contributed by atoms with Gasteiger partial charge in [-0.05, 0) is 29.7 Å². The molecule has 0 aliphatic carbocycles. The molecular weight excluding hydrogens is 208 g/mol. The van der Waals surface area contributed by atoms with Crippen molar-refractivity contribution in [1.82, 2.24) is 4.31 Å². The molecule has 1 aromatic carbocycles. The van der Waals surface area contributed by atoms with E-state index in [9.17, 15) is 4.21 Å². The molecule has 2 rings (SSSR count). The molecule has 0 bridgehead atoms. The van der Waals surface area contributed by atoms with Gasteiger partial charge in [-0.25, -0.2) is 8.51 Å². The molecule has 0 aromatic heterocycles. The van der Waals surface area contributed by atoms with E-state index in [2.05, 4.69) is 23.5 Å². The van der Waals surface area contributed by atoms with E-state index in [4.69, 9.17) is 0 Å². The zero-order valence-electron chi connectivity index (χ0n) is 9.12. The number of benzene rings is 1. The summed E-state index contributed by atoms with van der Waals surface area (Å²) in [6.45, 7) is 1.70. The van der Waals surface area contributed by atoms with Crippen molar-refractivity contribution >= 4 is 16.7 Å². The molecule has 0 fully saturated rings. The second-order valence-corrected chi connectivity index (χ2v) is 5.13. The summed E-state index contributed by atoms with van der Waals surface area (Å²) in [6, 6.07) is 6.38. The summed E-state index contributed by atoms with van der Waals surface area (Å²) >= 11 is 0. The van der Waals surface area contributed by atoms with Gasteiger partial charge in [-0.3, -0.25) is 0 Å². The number of nitrogens with one attached hydrogen (secondary N) is 1. The van der Waals surface area contributed by atoms with E-state index in [0.717, 1.165) is 25.2 Å². The van der Waals surface area contributed by atoms with Crippen LogP contribution < -0.4 is 5.32 Å². The summed E-state index contributed by atoms with van der Waals surface area (Å²) in [5.74, 6) is 0. The Balaban J connectivity index is 2.24. The molecule has 0 saturated carbocycles. The van der Waals surface area contributed by atoms with E-state index in [1.54, 1.807) is 6.26 Å². The van der Waals surface area contributed by atoms with E-state index >= 15 is 0 Å². The smallest absolute Gasteiger partial charge is 0.0913 e. The SMILES string of the molecule is CNc1ccc2c(c1)CCN(S(C)=O)C2. The summed E-state index contributed by atoms with van der Waals surface area (Å²) in [7, 11) is 1.08. The second kappa shape index (κ2) is 4.33. The highest BCUT2D eigenvalue weighted by Gasteiger charge is 2.18. The van der Waals surface area contributed by atoms with E-state index in [0.29, 0.717) is 0 Å². The van der Waals surface area contributed by atoms with Gasteiger partial charge in [-0.2, -0.15) is 0 Å². The number of fused-ring (bicyclic) bond motifs is 1. The zero-order chi connectivity index (χ0) is 10.8. The van der Waals surface area contributed by atoms with E-state index in [1.807, 2.05) is 11.4 Å². The topological polar surface area (TPSA) is 32.3 Å². The van der Waals surface area contributed by atoms with Crippen LogP contribution in [-0.2, 0) is 24.0 Å². The molecule has 1 aromatic rings. The van der Waals surface area contributed by atoms with Gasteiger partial charge in [0.15, 0.2) is 0 Å². The summed E-state index contributed by atoms with van der Waals surface area (Å²) < 4.78 is 13.4. The number of rotatable bonds is 2. The van der Waals surface area contributed by atoms with Gasteiger partial charge >= 0.3 is 0 Å². The van der Waals surface area contributed by atoms with Gasteiger partial charge in [0.05, 0.1) is 11.0 Å². The van der Waals surface area contributed by atoms with Gasteiger partial charge in [-0.15, -0.1) is 0 Å². The predicted octanol–water partition coefficient (Wildman–Crippen LogP) is 1.38. The Hall–Kier alpha value is -0.870. The number of nitrogens with zero attached hydrogens (tertiary/aromatic N) is 1. The number of anilines is 1. The second-order valence-electron chi connectivity index (χ2n) is 3.77. The van der Waals surface area contributed by atoms with E-state index in [-0.39, 0.29) is 0 Å². The third-order valence-corrected chi connectivity index (χ3v) is 3.87. The van der Waals surface area contributed by atoms with Crippen molar-refractivity contribution < 1.29 is 4.21 Å². The highest BCUT2D eigenvalue weighted by molar-refractivity contribution is 7.81. The molecule has 1 unspecified atom stereocenters. The van der Waals surface area contributed by atoms with Crippen LogP contribution in [0.1, 0.15) is 11.1 Å². The zero-order valence-corrected chi connectivity index (χ0v) is 9.93. The third kappa shape index (κ3) is 2.21. The molecule has 0 radical (unpaired) electrons. The largest absolute Gasteiger partial charge is 0.388 e. The molecule has 1 aliphatic heterocycles. The van der Waals surface area contributed by atoms with Crippen LogP contribution >= 0.6 is 0 Å². The highest BCUT2D eigenvalue weighted by Crippen LogP contribution is 2.22. The Bertz CT molecular complexity index is 392. The number of hydrogen-bond donors (Lipinski definition) is 1. The third-order valence-electron chi connectivity index (χ3n) is 2.84. The normalized spacial score (nSPS) is 18.3. The maximum absolute atomic E-state index is 11.4. The lowest BCUT2D eigenvalue weighted by molar-refractivity contribution is 0.423. The van der Waals surface area contributed by atoms with Crippen LogP contribution in [0.15, 0.2) is 18.2 Å². The van der Waals surface area contributed by atoms with Gasteiger partial charge in [0, 0.05) is 32.1 Å². The molecule has 1 heterocycles. The van der Waals surface area contributed by atoms with Crippen molar-refractivity contribution in [2.45, 2.75) is 13.0 Å². The fourth-order valence-electron chi connectivity index (χ4n) is 1.90. The Morgan fingerprint density at radius 2 is 2.20 bits per heavy atom. The van der Waals surface area contributed by atoms with Crippen molar-refractivity contribution in [3.63, 3.8) is 0 Å². The first-order valence-corrected chi connectivity index (χ1v) is 6.60. The fourth-order valence-corrected chi connectivity index (χ4v) is 2.57. The first-order valence-electron chi connectivity index (χ1n) is 5.09. The van der Waals surface area contributed by atoms with Gasteiger partial charge in [0.25, 0.3) is 0 Å². The lowest BCUT2D eigenvalue weighted by Crippen LogP contribution is -2.31. The Morgan fingerprint density at radius 3 is 2.87 bits per heavy atom. The van der Waals surface area contributed by atoms with Crippen molar-refractivity contribution in [2.75, 3.05) is 25.2 Å². The van der Waals surface area contributed by atoms with Gasteiger partial charge in [0.2, 0.25) is 0 Å². The fraction of sp³-hybridized carbons (Fsp3) is 0.455. The van der Waals surface area contributed by atoms with Crippen LogP contribution in [0.2, 0.25) is 0 Å². The molecule has 82 valence electrons. The van der Waals surface area contributed by atoms with Gasteiger partial charge < -0.3 is 5.32 Å². The van der Waals surface area contributed by atoms with Crippen LogP contribution in [0.5, 0.6) is 0 Å². The monoisotopic (exact) mass is 224 g/mol. The van der Waals surface area contributed by atoms with Crippen molar-refractivity contribution in [3.8, 4) is 0 Å². The van der Waals surface area contributed by atoms with Crippen LogP contribution in [0.4, 0.5) is 5.69 Å². The minimum absolute atomic E-state index is 0.808. The van der Waals surface area contributed by atoms with Gasteiger partial charge in [-0.1, -0.05) is 6.07 Å². The molecule has 1 N–H and O–H groups in total. The van der Waals surface area contributed by atoms with Crippen molar-refractivity contribution in [1.29, 1.82) is 0 Å². The predicted molar refractivity (Wildman–Crippen MR) is 64.2 cm³/mol. The number of hydrogen-bond acceptors (Lipinski definition) is 2. The summed E-state index contributed by atoms with van der Waals surface area (Å²) in [5, 5.41) is 3.14. The summed E-state index contributed by atoms with van der Waals surface area (Å²) in [4.78, 5) is 0. The molecule has 0 saturated heterocycles. The molecule has 3 nitrogen and oxygen atoms in total. The molecule has 0 spiro atoms. The first kappa shape index (κ1) is 10.6. The summed E-state index contributed by atoms with van der Waals surface area (Å²) in [5.41, 5.74) is 3.83. The minimum atomic E-state index is -0.849. The Labute approximate surface area is 93.1 Å². The molecule has 0 amide bonds. The van der Waals surface area contributed by atoms with Crippen molar-refractivity contribution in [3.05, 3.63) is 29.3 Å². The lowest BCUT2D eigenvalue weighted by Gasteiger charge is -2.26. The Morgan fingerprint density at radius 1 is 1.40 bits per heavy atom. The Kier molecular flexibility index (Phi) is 3.07. The minimum Gasteiger partial charge on any atom is -0.388 e.